The number of thiocarbonyl (C=S) groups is 1. The second-order valence-corrected chi connectivity index (χ2v) is 11.7. The summed E-state index contributed by atoms with van der Waals surface area (Å²) in [6.45, 7) is 6.80. The molecule has 2 heterocycles. The van der Waals surface area contributed by atoms with E-state index < -0.39 is 17.8 Å². The highest BCUT2D eigenvalue weighted by Gasteiger charge is 2.44. The molecule has 0 aromatic heterocycles. The number of carbonyl (C=O) groups excluding carboxylic acids is 3. The standard InChI is InChI=1S/C33H35ClFN5O4S/c1-2-44-32(43)23-7-13-27(14-8-23)40-31(42)29(22-30(41)36-26-11-9-25(35)10-12-26)39(33(40)45)16-4-15-37-17-19-38(20-18-37)28-6-3-5-24(34)21-28/h3,5-14,21,29H,2,4,15-20,22H2,1H3,(H,36,41). The van der Waals surface area contributed by atoms with Crippen LogP contribution in [0.25, 0.3) is 0 Å². The molecule has 12 heteroatoms. The zero-order valence-electron chi connectivity index (χ0n) is 25.0. The van der Waals surface area contributed by atoms with Gasteiger partial charge in [-0.3, -0.25) is 19.4 Å². The molecule has 236 valence electrons. The van der Waals surface area contributed by atoms with Crippen molar-refractivity contribution in [3.63, 3.8) is 0 Å². The second-order valence-electron chi connectivity index (χ2n) is 10.9. The van der Waals surface area contributed by atoms with Crippen molar-refractivity contribution in [2.45, 2.75) is 25.8 Å². The predicted molar refractivity (Wildman–Crippen MR) is 177 cm³/mol. The van der Waals surface area contributed by atoms with Crippen LogP contribution in [0.2, 0.25) is 5.02 Å². The van der Waals surface area contributed by atoms with Gasteiger partial charge in [-0.15, -0.1) is 0 Å². The minimum absolute atomic E-state index is 0.133. The molecule has 9 nitrogen and oxygen atoms in total. The number of anilines is 3. The van der Waals surface area contributed by atoms with Crippen molar-refractivity contribution in [2.75, 3.05) is 61.0 Å². The van der Waals surface area contributed by atoms with Gasteiger partial charge in [0.2, 0.25) is 5.91 Å². The van der Waals surface area contributed by atoms with E-state index in [-0.39, 0.29) is 24.8 Å². The lowest BCUT2D eigenvalue weighted by Crippen LogP contribution is -2.47. The largest absolute Gasteiger partial charge is 0.462 e. The summed E-state index contributed by atoms with van der Waals surface area (Å²) in [5.74, 6) is -1.58. The number of halogens is 2. The quantitative estimate of drug-likeness (QED) is 0.224. The summed E-state index contributed by atoms with van der Waals surface area (Å²) in [5.41, 5.74) is 2.41. The van der Waals surface area contributed by atoms with Crippen LogP contribution in [0.5, 0.6) is 0 Å². The van der Waals surface area contributed by atoms with Crippen molar-refractivity contribution in [1.82, 2.24) is 9.80 Å². The minimum Gasteiger partial charge on any atom is -0.462 e. The van der Waals surface area contributed by atoms with Crippen LogP contribution >= 0.6 is 23.8 Å². The molecule has 3 aromatic carbocycles. The molecule has 0 aliphatic carbocycles. The Labute approximate surface area is 272 Å². The van der Waals surface area contributed by atoms with Gasteiger partial charge in [0.25, 0.3) is 5.91 Å². The SMILES string of the molecule is CCOC(=O)c1ccc(N2C(=O)C(CC(=O)Nc3ccc(F)cc3)N(CCCN3CCN(c4cccc(Cl)c4)CC3)C2=S)cc1. The van der Waals surface area contributed by atoms with Gasteiger partial charge in [-0.05, 0) is 98.8 Å². The molecule has 2 fully saturated rings. The highest BCUT2D eigenvalue weighted by Crippen LogP contribution is 2.28. The summed E-state index contributed by atoms with van der Waals surface area (Å²) in [7, 11) is 0. The maximum absolute atomic E-state index is 13.8. The van der Waals surface area contributed by atoms with E-state index in [4.69, 9.17) is 28.6 Å². The van der Waals surface area contributed by atoms with Crippen LogP contribution in [0.4, 0.5) is 21.5 Å². The third kappa shape index (κ3) is 7.97. The third-order valence-corrected chi connectivity index (χ3v) is 8.53. The molecule has 2 amide bonds. The average molecular weight is 652 g/mol. The molecule has 0 radical (unpaired) electrons. The Morgan fingerprint density at radius 3 is 2.36 bits per heavy atom. The molecule has 1 unspecified atom stereocenters. The maximum Gasteiger partial charge on any atom is 0.338 e. The van der Waals surface area contributed by atoms with Crippen LogP contribution in [0.15, 0.2) is 72.8 Å². The van der Waals surface area contributed by atoms with Gasteiger partial charge < -0.3 is 19.9 Å². The smallest absolute Gasteiger partial charge is 0.338 e. The summed E-state index contributed by atoms with van der Waals surface area (Å²) in [6.07, 6.45) is 0.600. The molecule has 2 saturated heterocycles. The van der Waals surface area contributed by atoms with E-state index in [1.54, 1.807) is 31.2 Å². The number of nitrogens with one attached hydrogen (secondary N) is 1. The van der Waals surface area contributed by atoms with Crippen molar-refractivity contribution in [3.05, 3.63) is 89.2 Å². The zero-order valence-corrected chi connectivity index (χ0v) is 26.5. The molecule has 5 rings (SSSR count). The topological polar surface area (TPSA) is 85.4 Å². The van der Waals surface area contributed by atoms with E-state index in [0.29, 0.717) is 28.6 Å². The molecule has 1 N–H and O–H groups in total. The first-order valence-corrected chi connectivity index (χ1v) is 15.7. The van der Waals surface area contributed by atoms with Gasteiger partial charge in [-0.2, -0.15) is 0 Å². The highest BCUT2D eigenvalue weighted by molar-refractivity contribution is 7.80. The van der Waals surface area contributed by atoms with Gasteiger partial charge >= 0.3 is 5.97 Å². The molecular weight excluding hydrogens is 617 g/mol. The van der Waals surface area contributed by atoms with Crippen LogP contribution in [0, 0.1) is 5.82 Å². The number of nitrogens with zero attached hydrogens (tertiary/aromatic N) is 4. The number of esters is 1. The molecular formula is C33H35ClFN5O4S. The molecule has 0 saturated carbocycles. The van der Waals surface area contributed by atoms with E-state index in [0.717, 1.165) is 49.9 Å². The Kier molecular flexibility index (Phi) is 10.6. The minimum atomic E-state index is -0.817. The first-order chi connectivity index (χ1) is 21.7. The average Bonchev–Trinajstić information content (AvgIpc) is 3.26. The Hall–Kier alpha value is -4.06. The number of amides is 2. The highest BCUT2D eigenvalue weighted by atomic mass is 35.5. The summed E-state index contributed by atoms with van der Waals surface area (Å²) in [6, 6.07) is 19.0. The zero-order chi connectivity index (χ0) is 31.9. The summed E-state index contributed by atoms with van der Waals surface area (Å²) in [5, 5.41) is 3.77. The van der Waals surface area contributed by atoms with Gasteiger partial charge in [-0.1, -0.05) is 17.7 Å². The number of hydrogen-bond donors (Lipinski definition) is 1. The Bertz CT molecular complexity index is 1530. The predicted octanol–water partition coefficient (Wildman–Crippen LogP) is 5.20. The van der Waals surface area contributed by atoms with Crippen LogP contribution in [-0.2, 0) is 14.3 Å². The third-order valence-electron chi connectivity index (χ3n) is 7.88. The van der Waals surface area contributed by atoms with Crippen LogP contribution in [0.3, 0.4) is 0 Å². The molecule has 2 aliphatic rings. The monoisotopic (exact) mass is 651 g/mol. The lowest BCUT2D eigenvalue weighted by Gasteiger charge is -2.36. The van der Waals surface area contributed by atoms with Crippen LogP contribution in [-0.4, -0.2) is 84.6 Å². The number of benzene rings is 3. The van der Waals surface area contributed by atoms with Crippen LogP contribution in [0.1, 0.15) is 30.1 Å². The van der Waals surface area contributed by atoms with E-state index >= 15 is 0 Å². The molecule has 2 aliphatic heterocycles. The van der Waals surface area contributed by atoms with Crippen molar-refractivity contribution in [3.8, 4) is 0 Å². The number of rotatable bonds is 11. The fourth-order valence-corrected chi connectivity index (χ4v) is 6.17. The van der Waals surface area contributed by atoms with Crippen molar-refractivity contribution in [2.24, 2.45) is 0 Å². The fraction of sp³-hybridized carbons (Fsp3) is 0.333. The van der Waals surface area contributed by atoms with Crippen LogP contribution < -0.4 is 15.1 Å². The lowest BCUT2D eigenvalue weighted by molar-refractivity contribution is -0.124. The van der Waals surface area contributed by atoms with Crippen molar-refractivity contribution < 1.29 is 23.5 Å². The Balaban J connectivity index is 1.25. The molecule has 1 atom stereocenters. The van der Waals surface area contributed by atoms with E-state index in [1.165, 1.54) is 29.2 Å². The number of carbonyl (C=O) groups is 3. The second kappa shape index (κ2) is 14.8. The maximum atomic E-state index is 13.8. The van der Waals surface area contributed by atoms with Gasteiger partial charge in [0.1, 0.15) is 11.9 Å². The van der Waals surface area contributed by atoms with E-state index in [2.05, 4.69) is 21.2 Å². The molecule has 3 aromatic rings. The lowest BCUT2D eigenvalue weighted by atomic mass is 10.1. The summed E-state index contributed by atoms with van der Waals surface area (Å²) >= 11 is 12.0. The molecule has 0 spiro atoms. The van der Waals surface area contributed by atoms with Crippen molar-refractivity contribution in [1.29, 1.82) is 0 Å². The van der Waals surface area contributed by atoms with E-state index in [9.17, 15) is 18.8 Å². The molecule has 45 heavy (non-hydrogen) atoms. The first kappa shape index (κ1) is 32.3. The Morgan fingerprint density at radius 1 is 0.978 bits per heavy atom. The van der Waals surface area contributed by atoms with E-state index in [1.807, 2.05) is 23.1 Å². The Morgan fingerprint density at radius 2 is 1.69 bits per heavy atom. The first-order valence-electron chi connectivity index (χ1n) is 14.9. The van der Waals surface area contributed by atoms with Gasteiger partial charge in [0.15, 0.2) is 5.11 Å². The van der Waals surface area contributed by atoms with Gasteiger partial charge in [0.05, 0.1) is 24.3 Å². The van der Waals surface area contributed by atoms with Crippen molar-refractivity contribution >= 4 is 63.8 Å². The summed E-state index contributed by atoms with van der Waals surface area (Å²) < 4.78 is 18.4. The summed E-state index contributed by atoms with van der Waals surface area (Å²) in [4.78, 5) is 46.9. The fourth-order valence-electron chi connectivity index (χ4n) is 5.57. The number of piperazine rings is 1. The van der Waals surface area contributed by atoms with Gasteiger partial charge in [0, 0.05) is 49.1 Å². The van der Waals surface area contributed by atoms with Gasteiger partial charge in [-0.25, -0.2) is 9.18 Å². The number of hydrogen-bond acceptors (Lipinski definition) is 7. The molecule has 0 bridgehead atoms. The normalized spacial score (nSPS) is 17.1. The number of ether oxygens (including phenoxy) is 1.